The van der Waals surface area contributed by atoms with Crippen LogP contribution in [0.15, 0.2) is 60.7 Å². The highest BCUT2D eigenvalue weighted by molar-refractivity contribution is 5.64. The Labute approximate surface area is 149 Å². The molecule has 0 aliphatic carbocycles. The van der Waals surface area contributed by atoms with Gasteiger partial charge in [0.05, 0.1) is 5.69 Å². The molecule has 25 heavy (non-hydrogen) atoms. The average Bonchev–Trinajstić information content (AvgIpc) is 2.66. The largest absolute Gasteiger partial charge is 0.370 e. The summed E-state index contributed by atoms with van der Waals surface area (Å²) in [7, 11) is 0. The minimum absolute atomic E-state index is 0.642. The first-order valence-electron chi connectivity index (χ1n) is 8.73. The molecule has 0 saturated heterocycles. The summed E-state index contributed by atoms with van der Waals surface area (Å²) in [4.78, 5) is 9.30. The van der Waals surface area contributed by atoms with Crippen molar-refractivity contribution in [1.29, 1.82) is 0 Å². The van der Waals surface area contributed by atoms with Crippen LogP contribution in [0.1, 0.15) is 24.5 Å². The van der Waals surface area contributed by atoms with Crippen LogP contribution in [0.4, 0.5) is 11.8 Å². The Morgan fingerprint density at radius 1 is 0.880 bits per heavy atom. The summed E-state index contributed by atoms with van der Waals surface area (Å²) >= 11 is 0. The molecule has 4 heteroatoms. The Bertz CT molecular complexity index is 815. The van der Waals surface area contributed by atoms with Crippen LogP contribution < -0.4 is 10.6 Å². The van der Waals surface area contributed by atoms with E-state index in [1.165, 1.54) is 11.1 Å². The standard InChI is InChI=1S/C21H24N4/c1-3-13-22-20-14-19(17-10-5-4-6-11-17)24-21(25-20)23-15-18-12-8-7-9-16(18)2/h4-12,14H,3,13,15H2,1-2H3,(H2,22,23,24,25). The molecule has 2 N–H and O–H groups in total. The molecule has 0 unspecified atom stereocenters. The predicted molar refractivity (Wildman–Crippen MR) is 105 cm³/mol. The van der Waals surface area contributed by atoms with Crippen molar-refractivity contribution in [3.63, 3.8) is 0 Å². The van der Waals surface area contributed by atoms with E-state index >= 15 is 0 Å². The molecule has 0 radical (unpaired) electrons. The van der Waals surface area contributed by atoms with Gasteiger partial charge in [0.15, 0.2) is 0 Å². The number of benzene rings is 2. The fourth-order valence-electron chi connectivity index (χ4n) is 2.61. The average molecular weight is 332 g/mol. The highest BCUT2D eigenvalue weighted by Crippen LogP contribution is 2.21. The molecule has 0 fully saturated rings. The molecule has 4 nitrogen and oxygen atoms in total. The molecule has 128 valence electrons. The van der Waals surface area contributed by atoms with Crippen molar-refractivity contribution in [1.82, 2.24) is 9.97 Å². The highest BCUT2D eigenvalue weighted by atomic mass is 15.1. The van der Waals surface area contributed by atoms with Gasteiger partial charge in [-0.1, -0.05) is 61.5 Å². The van der Waals surface area contributed by atoms with Crippen molar-refractivity contribution in [2.24, 2.45) is 0 Å². The molecule has 2 aromatic carbocycles. The zero-order valence-electron chi connectivity index (χ0n) is 14.8. The Balaban J connectivity index is 1.85. The number of hydrogen-bond donors (Lipinski definition) is 2. The maximum atomic E-state index is 4.69. The molecule has 0 aliphatic rings. The quantitative estimate of drug-likeness (QED) is 0.647. The van der Waals surface area contributed by atoms with Gasteiger partial charge in [0.1, 0.15) is 5.82 Å². The maximum Gasteiger partial charge on any atom is 0.225 e. The van der Waals surface area contributed by atoms with E-state index in [1.54, 1.807) is 0 Å². The van der Waals surface area contributed by atoms with Gasteiger partial charge < -0.3 is 10.6 Å². The van der Waals surface area contributed by atoms with E-state index in [9.17, 15) is 0 Å². The minimum Gasteiger partial charge on any atom is -0.370 e. The number of nitrogens with zero attached hydrogens (tertiary/aromatic N) is 2. The molecule has 3 aromatic rings. The molecule has 0 amide bonds. The van der Waals surface area contributed by atoms with E-state index in [0.29, 0.717) is 12.5 Å². The van der Waals surface area contributed by atoms with Crippen LogP contribution in [0.5, 0.6) is 0 Å². The molecular formula is C21H24N4. The summed E-state index contributed by atoms with van der Waals surface area (Å²) in [5, 5.41) is 6.73. The molecule has 3 rings (SSSR count). The lowest BCUT2D eigenvalue weighted by atomic mass is 10.1. The van der Waals surface area contributed by atoms with Crippen molar-refractivity contribution >= 4 is 11.8 Å². The molecule has 0 spiro atoms. The number of hydrogen-bond acceptors (Lipinski definition) is 4. The third kappa shape index (κ3) is 4.57. The molecule has 0 aliphatic heterocycles. The first kappa shape index (κ1) is 17.0. The Morgan fingerprint density at radius 2 is 1.64 bits per heavy atom. The van der Waals surface area contributed by atoms with Crippen molar-refractivity contribution in [3.05, 3.63) is 71.8 Å². The maximum absolute atomic E-state index is 4.69. The molecule has 0 atom stereocenters. The summed E-state index contributed by atoms with van der Waals surface area (Å²) in [5.74, 6) is 1.49. The van der Waals surface area contributed by atoms with Crippen LogP contribution in [0.3, 0.4) is 0 Å². The van der Waals surface area contributed by atoms with E-state index < -0.39 is 0 Å². The van der Waals surface area contributed by atoms with E-state index in [0.717, 1.165) is 30.0 Å². The van der Waals surface area contributed by atoms with Crippen LogP contribution in [0, 0.1) is 6.92 Å². The van der Waals surface area contributed by atoms with Crippen LogP contribution in [-0.2, 0) is 6.54 Å². The van der Waals surface area contributed by atoms with Gasteiger partial charge in [-0.15, -0.1) is 0 Å². The Kier molecular flexibility index (Phi) is 5.62. The molecule has 1 aromatic heterocycles. The fraction of sp³-hybridized carbons (Fsp3) is 0.238. The van der Waals surface area contributed by atoms with Crippen molar-refractivity contribution in [2.45, 2.75) is 26.8 Å². The minimum atomic E-state index is 0.642. The summed E-state index contributed by atoms with van der Waals surface area (Å²) < 4.78 is 0. The molecule has 0 bridgehead atoms. The van der Waals surface area contributed by atoms with Crippen molar-refractivity contribution in [3.8, 4) is 11.3 Å². The van der Waals surface area contributed by atoms with Crippen LogP contribution in [0.2, 0.25) is 0 Å². The lowest BCUT2D eigenvalue weighted by molar-refractivity contribution is 0.961. The van der Waals surface area contributed by atoms with E-state index in [2.05, 4.69) is 65.9 Å². The second-order valence-electron chi connectivity index (χ2n) is 6.03. The first-order valence-corrected chi connectivity index (χ1v) is 8.73. The molecule has 1 heterocycles. The Morgan fingerprint density at radius 3 is 2.40 bits per heavy atom. The van der Waals surface area contributed by atoms with Gasteiger partial charge in [-0.3, -0.25) is 0 Å². The van der Waals surface area contributed by atoms with Gasteiger partial charge >= 0.3 is 0 Å². The van der Waals surface area contributed by atoms with Crippen LogP contribution >= 0.6 is 0 Å². The van der Waals surface area contributed by atoms with Crippen LogP contribution in [-0.4, -0.2) is 16.5 Å². The van der Waals surface area contributed by atoms with Crippen molar-refractivity contribution < 1.29 is 0 Å². The molecule has 0 saturated carbocycles. The van der Waals surface area contributed by atoms with E-state index in [4.69, 9.17) is 4.98 Å². The number of aromatic nitrogens is 2. The summed E-state index contributed by atoms with van der Waals surface area (Å²) in [6, 6.07) is 20.5. The van der Waals surface area contributed by atoms with Crippen LogP contribution in [0.25, 0.3) is 11.3 Å². The normalized spacial score (nSPS) is 10.5. The van der Waals surface area contributed by atoms with Crippen molar-refractivity contribution in [2.75, 3.05) is 17.2 Å². The van der Waals surface area contributed by atoms with Gasteiger partial charge in [0.2, 0.25) is 5.95 Å². The zero-order valence-corrected chi connectivity index (χ0v) is 14.8. The SMILES string of the molecule is CCCNc1cc(-c2ccccc2)nc(NCc2ccccc2C)n1. The van der Waals surface area contributed by atoms with Gasteiger partial charge in [0.25, 0.3) is 0 Å². The topological polar surface area (TPSA) is 49.8 Å². The second kappa shape index (κ2) is 8.29. The molecular weight excluding hydrogens is 308 g/mol. The van der Waals surface area contributed by atoms with Gasteiger partial charge in [-0.2, -0.15) is 4.98 Å². The lowest BCUT2D eigenvalue weighted by Crippen LogP contribution is -2.09. The van der Waals surface area contributed by atoms with E-state index in [1.807, 2.05) is 24.3 Å². The predicted octanol–water partition coefficient (Wildman–Crippen LogP) is 4.89. The number of rotatable bonds is 7. The monoisotopic (exact) mass is 332 g/mol. The number of aryl methyl sites for hydroxylation is 1. The third-order valence-corrected chi connectivity index (χ3v) is 4.05. The third-order valence-electron chi connectivity index (χ3n) is 4.05. The summed E-state index contributed by atoms with van der Waals surface area (Å²) in [6.07, 6.45) is 1.05. The fourth-order valence-corrected chi connectivity index (χ4v) is 2.61. The first-order chi connectivity index (χ1) is 12.3. The number of nitrogens with one attached hydrogen (secondary N) is 2. The van der Waals surface area contributed by atoms with Gasteiger partial charge in [-0.25, -0.2) is 4.98 Å². The smallest absolute Gasteiger partial charge is 0.225 e. The number of anilines is 2. The van der Waals surface area contributed by atoms with E-state index in [-0.39, 0.29) is 0 Å². The van der Waals surface area contributed by atoms with Gasteiger partial charge in [0, 0.05) is 24.7 Å². The van der Waals surface area contributed by atoms with Gasteiger partial charge in [-0.05, 0) is 24.5 Å². The summed E-state index contributed by atoms with van der Waals surface area (Å²) in [5.41, 5.74) is 4.52. The lowest BCUT2D eigenvalue weighted by Gasteiger charge is -2.12. The summed E-state index contributed by atoms with van der Waals surface area (Å²) in [6.45, 7) is 5.86. The Hall–Kier alpha value is -2.88. The zero-order chi connectivity index (χ0) is 17.5. The second-order valence-corrected chi connectivity index (χ2v) is 6.03. The highest BCUT2D eigenvalue weighted by Gasteiger charge is 2.07.